The average Bonchev–Trinajstić information content (AvgIpc) is 2.59. The van der Waals surface area contributed by atoms with Crippen LogP contribution in [0, 0.1) is 5.41 Å². The quantitative estimate of drug-likeness (QED) is 0.848. The van der Waals surface area contributed by atoms with Gasteiger partial charge < -0.3 is 14.4 Å². The normalized spacial score (nSPS) is 27.8. The molecular weight excluding hydrogens is 294 g/mol. The predicted octanol–water partition coefficient (Wildman–Crippen LogP) is 1.91. The molecule has 0 aliphatic carbocycles. The van der Waals surface area contributed by atoms with Crippen LogP contribution >= 0.6 is 0 Å². The van der Waals surface area contributed by atoms with Crippen molar-refractivity contribution < 1.29 is 14.3 Å². The minimum atomic E-state index is -0.0938. The van der Waals surface area contributed by atoms with E-state index in [0.29, 0.717) is 25.4 Å². The molecular formula is C17H25N3O3. The zero-order chi connectivity index (χ0) is 16.3. The highest BCUT2D eigenvalue weighted by molar-refractivity contribution is 5.92. The summed E-state index contributed by atoms with van der Waals surface area (Å²) in [5, 5.41) is 0. The molecule has 0 radical (unpaired) electrons. The van der Waals surface area contributed by atoms with E-state index in [9.17, 15) is 4.79 Å². The lowest BCUT2D eigenvalue weighted by Gasteiger charge is -2.50. The molecule has 0 N–H and O–H groups in total. The first kappa shape index (κ1) is 16.3. The van der Waals surface area contributed by atoms with Crippen molar-refractivity contribution in [1.29, 1.82) is 0 Å². The number of nitrogens with zero attached hydrogens (tertiary/aromatic N) is 3. The lowest BCUT2D eigenvalue weighted by molar-refractivity contribution is -0.152. The molecule has 23 heavy (non-hydrogen) atoms. The highest BCUT2D eigenvalue weighted by Gasteiger charge is 2.47. The van der Waals surface area contributed by atoms with Gasteiger partial charge in [-0.15, -0.1) is 0 Å². The van der Waals surface area contributed by atoms with Gasteiger partial charge in [0, 0.05) is 31.3 Å². The number of hydrogen-bond acceptors (Lipinski definition) is 5. The summed E-state index contributed by atoms with van der Waals surface area (Å²) >= 11 is 0. The highest BCUT2D eigenvalue weighted by atomic mass is 16.5. The zero-order valence-corrected chi connectivity index (χ0v) is 13.9. The maximum absolute atomic E-state index is 12.7. The summed E-state index contributed by atoms with van der Waals surface area (Å²) in [6.07, 6.45) is 6.31. The molecule has 2 aliphatic rings. The van der Waals surface area contributed by atoms with Crippen molar-refractivity contribution in [2.75, 3.05) is 26.3 Å². The monoisotopic (exact) mass is 319 g/mol. The van der Waals surface area contributed by atoms with Crippen molar-refractivity contribution in [1.82, 2.24) is 14.9 Å². The van der Waals surface area contributed by atoms with Crippen LogP contribution in [-0.4, -0.2) is 59.3 Å². The Morgan fingerprint density at radius 3 is 3.17 bits per heavy atom. The first-order chi connectivity index (χ1) is 11.1. The van der Waals surface area contributed by atoms with Gasteiger partial charge >= 0.3 is 0 Å². The number of rotatable bonds is 4. The van der Waals surface area contributed by atoms with Gasteiger partial charge in [0.1, 0.15) is 12.0 Å². The minimum Gasteiger partial charge on any atom is -0.378 e. The Hall–Kier alpha value is -1.53. The SMILES string of the molecule is CC(C)OC[C@@]12CCCO[C@H]1CCN(C(=O)c1ccncn1)C2. The fourth-order valence-corrected chi connectivity index (χ4v) is 3.59. The lowest BCUT2D eigenvalue weighted by Crippen LogP contribution is -2.58. The Bertz CT molecular complexity index is 537. The summed E-state index contributed by atoms with van der Waals surface area (Å²) in [5.74, 6) is -0.0275. The molecule has 1 amide bonds. The van der Waals surface area contributed by atoms with Gasteiger partial charge in [0.25, 0.3) is 5.91 Å². The molecule has 2 saturated heterocycles. The second-order valence-electron chi connectivity index (χ2n) is 6.80. The molecule has 0 bridgehead atoms. The molecule has 2 atom stereocenters. The van der Waals surface area contributed by atoms with Crippen molar-refractivity contribution in [3.05, 3.63) is 24.3 Å². The number of piperidine rings is 1. The summed E-state index contributed by atoms with van der Waals surface area (Å²) in [7, 11) is 0. The van der Waals surface area contributed by atoms with Gasteiger partial charge in [-0.05, 0) is 39.2 Å². The highest BCUT2D eigenvalue weighted by Crippen LogP contribution is 2.41. The number of likely N-dealkylation sites (tertiary alicyclic amines) is 1. The van der Waals surface area contributed by atoms with Gasteiger partial charge in [-0.25, -0.2) is 9.97 Å². The molecule has 0 saturated carbocycles. The van der Waals surface area contributed by atoms with Crippen molar-refractivity contribution in [2.24, 2.45) is 5.41 Å². The number of amides is 1. The largest absolute Gasteiger partial charge is 0.378 e. The third-order valence-electron chi connectivity index (χ3n) is 4.78. The molecule has 6 heteroatoms. The smallest absolute Gasteiger partial charge is 0.272 e. The number of fused-ring (bicyclic) bond motifs is 1. The first-order valence-electron chi connectivity index (χ1n) is 8.39. The van der Waals surface area contributed by atoms with E-state index in [1.54, 1.807) is 12.3 Å². The van der Waals surface area contributed by atoms with Crippen molar-refractivity contribution >= 4 is 5.91 Å². The maximum atomic E-state index is 12.7. The van der Waals surface area contributed by atoms with E-state index in [-0.39, 0.29) is 23.5 Å². The molecule has 0 unspecified atom stereocenters. The van der Waals surface area contributed by atoms with Gasteiger partial charge in [0.2, 0.25) is 0 Å². The molecule has 3 rings (SSSR count). The summed E-state index contributed by atoms with van der Waals surface area (Å²) in [6.45, 7) is 6.92. The van der Waals surface area contributed by atoms with Crippen LogP contribution in [0.1, 0.15) is 43.6 Å². The average molecular weight is 319 g/mol. The van der Waals surface area contributed by atoms with Gasteiger partial charge in [-0.2, -0.15) is 0 Å². The van der Waals surface area contributed by atoms with Crippen LogP contribution in [0.15, 0.2) is 18.6 Å². The number of ether oxygens (including phenoxy) is 2. The molecule has 126 valence electrons. The third-order valence-corrected chi connectivity index (χ3v) is 4.78. The van der Waals surface area contributed by atoms with Crippen LogP contribution < -0.4 is 0 Å². The van der Waals surface area contributed by atoms with Gasteiger partial charge in [-0.1, -0.05) is 0 Å². The second-order valence-corrected chi connectivity index (χ2v) is 6.80. The lowest BCUT2D eigenvalue weighted by atomic mass is 9.73. The molecule has 6 nitrogen and oxygen atoms in total. The van der Waals surface area contributed by atoms with E-state index in [0.717, 1.165) is 25.9 Å². The molecule has 2 fully saturated rings. The van der Waals surface area contributed by atoms with Gasteiger partial charge in [0.05, 0.1) is 18.8 Å². The number of aromatic nitrogens is 2. The molecule has 1 aromatic heterocycles. The topological polar surface area (TPSA) is 64.6 Å². The fourth-order valence-electron chi connectivity index (χ4n) is 3.59. The fraction of sp³-hybridized carbons (Fsp3) is 0.706. The van der Waals surface area contributed by atoms with E-state index in [4.69, 9.17) is 9.47 Å². The predicted molar refractivity (Wildman–Crippen MR) is 85.0 cm³/mol. The molecule has 0 spiro atoms. The number of carbonyl (C=O) groups excluding carboxylic acids is 1. The van der Waals surface area contributed by atoms with E-state index in [1.165, 1.54) is 6.33 Å². The summed E-state index contributed by atoms with van der Waals surface area (Å²) in [4.78, 5) is 22.6. The van der Waals surface area contributed by atoms with E-state index in [2.05, 4.69) is 9.97 Å². The van der Waals surface area contributed by atoms with Crippen LogP contribution in [0.3, 0.4) is 0 Å². The second kappa shape index (κ2) is 6.93. The van der Waals surface area contributed by atoms with Crippen molar-refractivity contribution in [2.45, 2.75) is 45.3 Å². The van der Waals surface area contributed by atoms with E-state index in [1.807, 2.05) is 18.7 Å². The van der Waals surface area contributed by atoms with Gasteiger partial charge in [-0.3, -0.25) is 4.79 Å². The Morgan fingerprint density at radius 2 is 2.43 bits per heavy atom. The Kier molecular flexibility index (Phi) is 4.92. The van der Waals surface area contributed by atoms with Crippen LogP contribution in [0.25, 0.3) is 0 Å². The summed E-state index contributed by atoms with van der Waals surface area (Å²) in [5.41, 5.74) is 0.360. The van der Waals surface area contributed by atoms with Crippen LogP contribution in [0.5, 0.6) is 0 Å². The standard InChI is InChI=1S/C17H25N3O3/c1-13(2)23-11-17-6-3-9-22-15(17)5-8-20(10-17)16(21)14-4-7-18-12-19-14/h4,7,12-13,15H,3,5-6,8-11H2,1-2H3/t15-,17-/m0/s1. The maximum Gasteiger partial charge on any atom is 0.272 e. The first-order valence-corrected chi connectivity index (χ1v) is 8.39. The molecule has 0 aromatic carbocycles. The van der Waals surface area contributed by atoms with Crippen LogP contribution in [0.4, 0.5) is 0 Å². The number of carbonyl (C=O) groups is 1. The van der Waals surface area contributed by atoms with E-state index < -0.39 is 0 Å². The third kappa shape index (κ3) is 3.53. The minimum absolute atomic E-state index is 0.0275. The van der Waals surface area contributed by atoms with Crippen molar-refractivity contribution in [3.8, 4) is 0 Å². The van der Waals surface area contributed by atoms with E-state index >= 15 is 0 Å². The zero-order valence-electron chi connectivity index (χ0n) is 13.9. The van der Waals surface area contributed by atoms with Gasteiger partial charge in [0.15, 0.2) is 0 Å². The summed E-state index contributed by atoms with van der Waals surface area (Å²) < 4.78 is 11.9. The van der Waals surface area contributed by atoms with Crippen LogP contribution in [-0.2, 0) is 9.47 Å². The molecule has 3 heterocycles. The Labute approximate surface area is 137 Å². The Morgan fingerprint density at radius 1 is 1.57 bits per heavy atom. The molecule has 2 aliphatic heterocycles. The number of hydrogen-bond donors (Lipinski definition) is 0. The molecule has 1 aromatic rings. The van der Waals surface area contributed by atoms with Crippen LogP contribution in [0.2, 0.25) is 0 Å². The Balaban J connectivity index is 1.76. The summed E-state index contributed by atoms with van der Waals surface area (Å²) in [6, 6.07) is 1.67. The van der Waals surface area contributed by atoms with Crippen molar-refractivity contribution in [3.63, 3.8) is 0 Å².